The van der Waals surface area contributed by atoms with Crippen molar-refractivity contribution < 1.29 is 52.4 Å². The Hall–Kier alpha value is -2.54. The van der Waals surface area contributed by atoms with Crippen LogP contribution in [0.1, 0.15) is 54.9 Å². The number of ether oxygens (including phenoxy) is 6. The molecule has 0 aliphatic carbocycles. The average Bonchev–Trinajstić information content (AvgIpc) is 2.71. The number of hydrogen-bond acceptors (Lipinski definition) is 12. The lowest BCUT2D eigenvalue weighted by Gasteiger charge is -2.44. The molecule has 0 aromatic heterocycles. The third kappa shape index (κ3) is 11.5. The number of esters is 4. The third-order valence-corrected chi connectivity index (χ3v) is 5.81. The summed E-state index contributed by atoms with van der Waals surface area (Å²) in [7, 11) is 1.62. The lowest BCUT2D eigenvalue weighted by molar-refractivity contribution is -0.237. The highest BCUT2D eigenvalue weighted by molar-refractivity contribution is 7.99. The Bertz CT molecular complexity index is 797. The number of nitrogens with zero attached hydrogens (tertiary/aromatic N) is 1. The number of hydrogen-bond donors (Lipinski definition) is 0. The van der Waals surface area contributed by atoms with E-state index in [1.165, 1.54) is 37.4 Å². The molecule has 1 amide bonds. The van der Waals surface area contributed by atoms with Gasteiger partial charge in [-0.1, -0.05) is 0 Å². The van der Waals surface area contributed by atoms with Crippen molar-refractivity contribution in [2.24, 2.45) is 0 Å². The first-order valence-electron chi connectivity index (χ1n) is 11.5. The lowest BCUT2D eigenvalue weighted by atomic mass is 9.99. The van der Waals surface area contributed by atoms with Crippen LogP contribution in [-0.4, -0.2) is 96.3 Å². The molecular formula is C23H37NO11S. The zero-order chi connectivity index (χ0) is 27.6. The number of rotatable bonds is 10. The molecule has 1 rings (SSSR count). The van der Waals surface area contributed by atoms with Crippen molar-refractivity contribution in [3.63, 3.8) is 0 Å². The van der Waals surface area contributed by atoms with Crippen LogP contribution in [0.3, 0.4) is 0 Å². The van der Waals surface area contributed by atoms with Gasteiger partial charge in [0, 0.05) is 41.3 Å². The molecule has 206 valence electrons. The molecule has 0 aromatic rings. The predicted molar refractivity (Wildman–Crippen MR) is 128 cm³/mol. The van der Waals surface area contributed by atoms with Gasteiger partial charge in [0.25, 0.3) is 0 Å². The molecule has 0 saturated carbocycles. The van der Waals surface area contributed by atoms with Crippen molar-refractivity contribution in [3.05, 3.63) is 0 Å². The molecule has 0 spiro atoms. The van der Waals surface area contributed by atoms with Gasteiger partial charge in [0.2, 0.25) is 0 Å². The molecule has 1 saturated heterocycles. The van der Waals surface area contributed by atoms with E-state index >= 15 is 0 Å². The molecule has 1 heterocycles. The Morgan fingerprint density at radius 3 is 1.86 bits per heavy atom. The maximum Gasteiger partial charge on any atom is 0.410 e. The standard InChI is InChI=1S/C23H37NO11S/c1-13(25)30-12-17-18(31-14(2)26)19(32-15(3)27)20(33-16(4)28)21(34-17)36-11-9-10-24(8)22(29)35-23(5,6)7/h17-21H,9-12H2,1-8H3/t17-,18-,19+,20+,21-/m1/s1. The maximum atomic E-state index is 12.2. The van der Waals surface area contributed by atoms with Gasteiger partial charge < -0.3 is 33.3 Å². The summed E-state index contributed by atoms with van der Waals surface area (Å²) in [5.41, 5.74) is -1.47. The molecule has 1 aliphatic rings. The second-order valence-corrected chi connectivity index (χ2v) is 10.4. The molecule has 0 bridgehead atoms. The van der Waals surface area contributed by atoms with Gasteiger partial charge in [0.05, 0.1) is 0 Å². The van der Waals surface area contributed by atoms with Crippen molar-refractivity contribution in [1.82, 2.24) is 4.90 Å². The molecule has 0 aromatic carbocycles. The minimum atomic E-state index is -1.20. The van der Waals surface area contributed by atoms with Crippen LogP contribution in [0.2, 0.25) is 0 Å². The van der Waals surface area contributed by atoms with Crippen LogP contribution in [0.4, 0.5) is 4.79 Å². The number of amides is 1. The first kappa shape index (κ1) is 31.5. The summed E-state index contributed by atoms with van der Waals surface area (Å²) in [5, 5.41) is 0. The van der Waals surface area contributed by atoms with Crippen LogP contribution in [0.25, 0.3) is 0 Å². The van der Waals surface area contributed by atoms with E-state index in [1.54, 1.807) is 27.8 Å². The van der Waals surface area contributed by atoms with Gasteiger partial charge in [-0.3, -0.25) is 19.2 Å². The van der Waals surface area contributed by atoms with Crippen LogP contribution in [0.15, 0.2) is 0 Å². The third-order valence-electron chi connectivity index (χ3n) is 4.57. The average molecular weight is 536 g/mol. The van der Waals surface area contributed by atoms with E-state index in [0.717, 1.165) is 6.92 Å². The number of carbonyl (C=O) groups is 5. The van der Waals surface area contributed by atoms with Gasteiger partial charge >= 0.3 is 30.0 Å². The topological polar surface area (TPSA) is 144 Å². The van der Waals surface area contributed by atoms with E-state index in [-0.39, 0.29) is 6.61 Å². The second kappa shape index (κ2) is 14.3. The van der Waals surface area contributed by atoms with Crippen molar-refractivity contribution in [2.75, 3.05) is 26.0 Å². The summed E-state index contributed by atoms with van der Waals surface area (Å²) in [5.74, 6) is -2.16. The van der Waals surface area contributed by atoms with Crippen LogP contribution in [-0.2, 0) is 47.6 Å². The molecule has 13 heteroatoms. The van der Waals surface area contributed by atoms with Crippen molar-refractivity contribution in [3.8, 4) is 0 Å². The van der Waals surface area contributed by atoms with E-state index < -0.39 is 65.4 Å². The summed E-state index contributed by atoms with van der Waals surface area (Å²) in [4.78, 5) is 60.5. The Morgan fingerprint density at radius 1 is 0.833 bits per heavy atom. The summed E-state index contributed by atoms with van der Waals surface area (Å²) < 4.78 is 32.6. The van der Waals surface area contributed by atoms with Crippen LogP contribution >= 0.6 is 11.8 Å². The molecule has 0 N–H and O–H groups in total. The predicted octanol–water partition coefficient (Wildman–Crippen LogP) is 2.06. The summed E-state index contributed by atoms with van der Waals surface area (Å²) in [6.07, 6.45) is -4.42. The molecule has 1 fully saturated rings. The fourth-order valence-electron chi connectivity index (χ4n) is 3.26. The molecule has 36 heavy (non-hydrogen) atoms. The number of thioether (sulfide) groups is 1. The molecule has 0 unspecified atom stereocenters. The Kier molecular flexibility index (Phi) is 12.5. The minimum Gasteiger partial charge on any atom is -0.463 e. The van der Waals surface area contributed by atoms with E-state index in [1.807, 2.05) is 0 Å². The largest absolute Gasteiger partial charge is 0.463 e. The number of carbonyl (C=O) groups excluding carboxylic acids is 5. The molecule has 5 atom stereocenters. The minimum absolute atomic E-state index is 0.281. The zero-order valence-electron chi connectivity index (χ0n) is 22.1. The Balaban J connectivity index is 3.03. The SMILES string of the molecule is CC(=O)OC[C@H]1O[C@H](SCCCN(C)C(=O)OC(C)(C)C)[C@@H](OC(C)=O)[C@@H](OC(C)=O)[C@@H]1OC(C)=O. The summed E-state index contributed by atoms with van der Waals surface area (Å²) in [6.45, 7) is 10.2. The van der Waals surface area contributed by atoms with Crippen molar-refractivity contribution >= 4 is 41.7 Å². The Labute approximate surface area is 215 Å². The Morgan fingerprint density at radius 2 is 1.36 bits per heavy atom. The van der Waals surface area contributed by atoms with Gasteiger partial charge in [-0.15, -0.1) is 11.8 Å². The highest BCUT2D eigenvalue weighted by Gasteiger charge is 2.52. The maximum absolute atomic E-state index is 12.2. The second-order valence-electron chi connectivity index (χ2n) is 9.19. The highest BCUT2D eigenvalue weighted by atomic mass is 32.2. The molecular weight excluding hydrogens is 498 g/mol. The quantitative estimate of drug-likeness (QED) is 0.229. The van der Waals surface area contributed by atoms with E-state index in [9.17, 15) is 24.0 Å². The fraction of sp³-hybridized carbons (Fsp3) is 0.783. The lowest BCUT2D eigenvalue weighted by Crippen LogP contribution is -2.61. The van der Waals surface area contributed by atoms with E-state index in [2.05, 4.69) is 0 Å². The van der Waals surface area contributed by atoms with E-state index in [0.29, 0.717) is 18.7 Å². The molecule has 1 aliphatic heterocycles. The normalized spacial score (nSPS) is 23.7. The first-order valence-corrected chi connectivity index (χ1v) is 12.5. The smallest absolute Gasteiger partial charge is 0.410 e. The first-order chi connectivity index (χ1) is 16.6. The van der Waals surface area contributed by atoms with Gasteiger partial charge in [-0.2, -0.15) is 0 Å². The molecule has 12 nitrogen and oxygen atoms in total. The van der Waals surface area contributed by atoms with Gasteiger partial charge in [-0.05, 0) is 32.9 Å². The molecule has 0 radical (unpaired) electrons. The van der Waals surface area contributed by atoms with Gasteiger partial charge in [0.1, 0.15) is 23.7 Å². The van der Waals surface area contributed by atoms with Crippen molar-refractivity contribution in [1.29, 1.82) is 0 Å². The van der Waals surface area contributed by atoms with E-state index in [4.69, 9.17) is 28.4 Å². The van der Waals surface area contributed by atoms with Gasteiger partial charge in [0.15, 0.2) is 18.3 Å². The highest BCUT2D eigenvalue weighted by Crippen LogP contribution is 2.34. The monoisotopic (exact) mass is 535 g/mol. The van der Waals surface area contributed by atoms with Crippen LogP contribution in [0, 0.1) is 0 Å². The summed E-state index contributed by atoms with van der Waals surface area (Å²) in [6, 6.07) is 0. The summed E-state index contributed by atoms with van der Waals surface area (Å²) >= 11 is 1.25. The van der Waals surface area contributed by atoms with Gasteiger partial charge in [-0.25, -0.2) is 4.79 Å². The fourth-order valence-corrected chi connectivity index (χ4v) is 4.40. The zero-order valence-corrected chi connectivity index (χ0v) is 22.9. The van der Waals surface area contributed by atoms with Crippen LogP contribution < -0.4 is 0 Å². The van der Waals surface area contributed by atoms with Crippen LogP contribution in [0.5, 0.6) is 0 Å². The van der Waals surface area contributed by atoms with Crippen molar-refractivity contribution in [2.45, 2.75) is 90.3 Å².